The van der Waals surface area contributed by atoms with Crippen molar-refractivity contribution in [3.05, 3.63) is 33.9 Å². The van der Waals surface area contributed by atoms with E-state index in [1.165, 1.54) is 26.2 Å². The van der Waals surface area contributed by atoms with Crippen LogP contribution in [-0.4, -0.2) is 44.0 Å². The molecule has 106 valence electrons. The van der Waals surface area contributed by atoms with Crippen LogP contribution in [0.25, 0.3) is 0 Å². The summed E-state index contributed by atoms with van der Waals surface area (Å²) in [5, 5.41) is 13.6. The van der Waals surface area contributed by atoms with Crippen molar-refractivity contribution in [2.75, 3.05) is 31.7 Å². The Bertz CT molecular complexity index is 569. The summed E-state index contributed by atoms with van der Waals surface area (Å²) in [5.41, 5.74) is 1.37. The van der Waals surface area contributed by atoms with Crippen LogP contribution in [0.4, 0.5) is 11.4 Å². The molecule has 0 aliphatic rings. The van der Waals surface area contributed by atoms with E-state index < -0.39 is 14.9 Å². The van der Waals surface area contributed by atoms with Crippen LogP contribution >= 0.6 is 0 Å². The fourth-order valence-electron chi connectivity index (χ4n) is 1.41. The van der Waals surface area contributed by atoms with Crippen LogP contribution in [0, 0.1) is 17.0 Å². The molecule has 0 fully saturated rings. The smallest absolute Gasteiger partial charge is 0.271 e. The Morgan fingerprint density at radius 1 is 1.37 bits per heavy atom. The maximum absolute atomic E-state index is 11.6. The van der Waals surface area contributed by atoms with Gasteiger partial charge in [0.1, 0.15) is 0 Å². The van der Waals surface area contributed by atoms with Gasteiger partial charge < -0.3 is 5.32 Å². The van der Waals surface area contributed by atoms with E-state index in [1.54, 1.807) is 13.0 Å². The van der Waals surface area contributed by atoms with Gasteiger partial charge in [-0.25, -0.2) is 12.7 Å². The van der Waals surface area contributed by atoms with E-state index in [0.717, 1.165) is 9.87 Å². The van der Waals surface area contributed by atoms with Crippen LogP contribution in [0.3, 0.4) is 0 Å². The summed E-state index contributed by atoms with van der Waals surface area (Å²) in [6.07, 6.45) is 0. The second-order valence-corrected chi connectivity index (χ2v) is 6.58. The van der Waals surface area contributed by atoms with Gasteiger partial charge in [-0.15, -0.1) is 0 Å². The molecule has 0 aliphatic heterocycles. The van der Waals surface area contributed by atoms with Crippen molar-refractivity contribution in [1.29, 1.82) is 0 Å². The number of anilines is 1. The fraction of sp³-hybridized carbons (Fsp3) is 0.455. The zero-order chi connectivity index (χ0) is 14.6. The lowest BCUT2D eigenvalue weighted by Crippen LogP contribution is -2.28. The maximum atomic E-state index is 11.6. The molecular weight excluding hydrogens is 270 g/mol. The number of sulfonamides is 1. The minimum atomic E-state index is -3.27. The number of nitro benzene ring substituents is 1. The summed E-state index contributed by atoms with van der Waals surface area (Å²) in [4.78, 5) is 10.2. The zero-order valence-electron chi connectivity index (χ0n) is 11.1. The molecule has 0 radical (unpaired) electrons. The molecule has 0 saturated carbocycles. The number of nitro groups is 1. The minimum Gasteiger partial charge on any atom is -0.384 e. The van der Waals surface area contributed by atoms with E-state index in [2.05, 4.69) is 5.32 Å². The number of benzene rings is 1. The first-order chi connectivity index (χ1) is 8.74. The molecule has 1 rings (SSSR count). The first-order valence-electron chi connectivity index (χ1n) is 5.63. The largest absolute Gasteiger partial charge is 0.384 e. The average Bonchev–Trinajstić information content (AvgIpc) is 2.30. The highest BCUT2D eigenvalue weighted by Crippen LogP contribution is 2.21. The lowest BCUT2D eigenvalue weighted by atomic mass is 10.2. The molecule has 0 saturated heterocycles. The normalized spacial score (nSPS) is 11.6. The van der Waals surface area contributed by atoms with E-state index in [9.17, 15) is 18.5 Å². The quantitative estimate of drug-likeness (QED) is 0.627. The Kier molecular flexibility index (Phi) is 4.84. The molecule has 7 nitrogen and oxygen atoms in total. The molecular formula is C11H17N3O4S. The van der Waals surface area contributed by atoms with E-state index in [1.807, 2.05) is 0 Å². The minimum absolute atomic E-state index is 0.0245. The third kappa shape index (κ3) is 4.18. The van der Waals surface area contributed by atoms with Gasteiger partial charge in [0.2, 0.25) is 10.0 Å². The molecule has 1 aromatic rings. The topological polar surface area (TPSA) is 92.5 Å². The summed E-state index contributed by atoms with van der Waals surface area (Å²) >= 11 is 0. The van der Waals surface area contributed by atoms with Gasteiger partial charge >= 0.3 is 0 Å². The van der Waals surface area contributed by atoms with Crippen LogP contribution in [-0.2, 0) is 10.0 Å². The molecule has 0 spiro atoms. The van der Waals surface area contributed by atoms with Crippen LogP contribution < -0.4 is 5.32 Å². The van der Waals surface area contributed by atoms with Gasteiger partial charge in [-0.05, 0) is 12.5 Å². The highest BCUT2D eigenvalue weighted by Gasteiger charge is 2.13. The zero-order valence-corrected chi connectivity index (χ0v) is 11.9. The highest BCUT2D eigenvalue weighted by molar-refractivity contribution is 7.89. The Labute approximate surface area is 112 Å². The Morgan fingerprint density at radius 2 is 2.00 bits per heavy atom. The Hall–Kier alpha value is -1.67. The number of hydrogen-bond donors (Lipinski definition) is 1. The van der Waals surface area contributed by atoms with Gasteiger partial charge in [-0.2, -0.15) is 0 Å². The van der Waals surface area contributed by atoms with E-state index in [0.29, 0.717) is 5.69 Å². The number of hydrogen-bond acceptors (Lipinski definition) is 5. The standard InChI is InChI=1S/C11H17N3O4S/c1-9-4-5-10(14(15)16)8-11(9)12-6-7-19(17,18)13(2)3/h4-5,8,12H,6-7H2,1-3H3. The predicted molar refractivity (Wildman–Crippen MR) is 73.8 cm³/mol. The van der Waals surface area contributed by atoms with Crippen molar-refractivity contribution in [3.8, 4) is 0 Å². The summed E-state index contributed by atoms with van der Waals surface area (Å²) in [7, 11) is -0.338. The molecule has 0 amide bonds. The SMILES string of the molecule is Cc1ccc([N+](=O)[O-])cc1NCCS(=O)(=O)N(C)C. The lowest BCUT2D eigenvalue weighted by Gasteiger charge is -2.13. The summed E-state index contributed by atoms with van der Waals surface area (Å²) in [6, 6.07) is 4.44. The van der Waals surface area contributed by atoms with Crippen molar-refractivity contribution in [3.63, 3.8) is 0 Å². The predicted octanol–water partition coefficient (Wildman–Crippen LogP) is 1.21. The third-order valence-corrected chi connectivity index (χ3v) is 4.50. The molecule has 0 heterocycles. The van der Waals surface area contributed by atoms with Crippen LogP contribution in [0.15, 0.2) is 18.2 Å². The molecule has 0 aromatic heterocycles. The average molecular weight is 287 g/mol. The van der Waals surface area contributed by atoms with Crippen molar-refractivity contribution in [2.45, 2.75) is 6.92 Å². The van der Waals surface area contributed by atoms with E-state index >= 15 is 0 Å². The second-order valence-electron chi connectivity index (χ2n) is 4.28. The van der Waals surface area contributed by atoms with Gasteiger partial charge in [0.25, 0.3) is 5.69 Å². The number of non-ortho nitro benzene ring substituents is 1. The molecule has 1 N–H and O–H groups in total. The second kappa shape index (κ2) is 5.98. The van der Waals surface area contributed by atoms with Gasteiger partial charge in [-0.1, -0.05) is 6.07 Å². The first kappa shape index (κ1) is 15.4. The monoisotopic (exact) mass is 287 g/mol. The van der Waals surface area contributed by atoms with Gasteiger partial charge in [0.05, 0.1) is 10.7 Å². The summed E-state index contributed by atoms with van der Waals surface area (Å²) < 4.78 is 24.3. The number of nitrogens with one attached hydrogen (secondary N) is 1. The fourth-order valence-corrected chi connectivity index (χ4v) is 2.14. The third-order valence-electron chi connectivity index (χ3n) is 2.66. The molecule has 8 heteroatoms. The van der Waals surface area contributed by atoms with Crippen molar-refractivity contribution >= 4 is 21.4 Å². The summed E-state index contributed by atoms with van der Waals surface area (Å²) in [5.74, 6) is -0.0673. The van der Waals surface area contributed by atoms with Crippen molar-refractivity contribution in [2.24, 2.45) is 0 Å². The van der Waals surface area contributed by atoms with Crippen LogP contribution in [0.1, 0.15) is 5.56 Å². The molecule has 0 unspecified atom stereocenters. The molecule has 0 aliphatic carbocycles. The van der Waals surface area contributed by atoms with Crippen LogP contribution in [0.2, 0.25) is 0 Å². The number of rotatable bonds is 6. The van der Waals surface area contributed by atoms with Crippen molar-refractivity contribution in [1.82, 2.24) is 4.31 Å². The molecule has 19 heavy (non-hydrogen) atoms. The van der Waals surface area contributed by atoms with Gasteiger partial charge in [0, 0.05) is 38.5 Å². The van der Waals surface area contributed by atoms with Gasteiger partial charge in [-0.3, -0.25) is 10.1 Å². The van der Waals surface area contributed by atoms with Gasteiger partial charge in [0.15, 0.2) is 0 Å². The number of aryl methyl sites for hydroxylation is 1. The molecule has 0 atom stereocenters. The highest BCUT2D eigenvalue weighted by atomic mass is 32.2. The molecule has 1 aromatic carbocycles. The Morgan fingerprint density at radius 3 is 2.53 bits per heavy atom. The van der Waals surface area contributed by atoms with Crippen LogP contribution in [0.5, 0.6) is 0 Å². The van der Waals surface area contributed by atoms with E-state index in [4.69, 9.17) is 0 Å². The summed E-state index contributed by atoms with van der Waals surface area (Å²) in [6.45, 7) is 2.00. The maximum Gasteiger partial charge on any atom is 0.271 e. The van der Waals surface area contributed by atoms with E-state index in [-0.39, 0.29) is 18.0 Å². The number of nitrogens with zero attached hydrogens (tertiary/aromatic N) is 2. The first-order valence-corrected chi connectivity index (χ1v) is 7.24. The van der Waals surface area contributed by atoms with Crippen molar-refractivity contribution < 1.29 is 13.3 Å². The lowest BCUT2D eigenvalue weighted by molar-refractivity contribution is -0.384. The Balaban J connectivity index is 2.73. The molecule has 0 bridgehead atoms.